The zero-order valence-electron chi connectivity index (χ0n) is 11.7. The van der Waals surface area contributed by atoms with Crippen LogP contribution < -0.4 is 10.0 Å². The first-order chi connectivity index (χ1) is 9.06. The molecule has 1 atom stereocenters. The molecule has 1 aliphatic heterocycles. The summed E-state index contributed by atoms with van der Waals surface area (Å²) in [6, 6.07) is 0. The molecule has 2 N–H and O–H groups in total. The van der Waals surface area contributed by atoms with Crippen LogP contribution in [0.2, 0.25) is 0 Å². The van der Waals surface area contributed by atoms with E-state index in [0.29, 0.717) is 18.3 Å². The van der Waals surface area contributed by atoms with Crippen LogP contribution in [0.15, 0.2) is 0 Å². The van der Waals surface area contributed by atoms with Gasteiger partial charge >= 0.3 is 0 Å². The minimum atomic E-state index is -3.31. The second-order valence-corrected chi connectivity index (χ2v) is 8.87. The summed E-state index contributed by atoms with van der Waals surface area (Å²) < 4.78 is 28.2. The van der Waals surface area contributed by atoms with E-state index in [1.807, 2.05) is 30.4 Å². The summed E-state index contributed by atoms with van der Waals surface area (Å²) in [4.78, 5) is 0. The Balaban J connectivity index is 2.24. The Hall–Kier alpha value is 0.530. The maximum absolute atomic E-state index is 12.0. The summed E-state index contributed by atoms with van der Waals surface area (Å²) in [5.74, 6) is 3.34. The summed E-state index contributed by atoms with van der Waals surface area (Å²) in [7, 11) is -1.68. The Morgan fingerprint density at radius 2 is 2.16 bits per heavy atom. The minimum absolute atomic E-state index is 0.406. The zero-order valence-corrected chi connectivity index (χ0v) is 14.2. The molecule has 0 aliphatic carbocycles. The van der Waals surface area contributed by atoms with Crippen LogP contribution in [0.1, 0.15) is 13.3 Å². The molecule has 0 saturated carbocycles. The van der Waals surface area contributed by atoms with Crippen molar-refractivity contribution in [2.45, 2.75) is 18.6 Å². The molecule has 0 spiro atoms. The summed E-state index contributed by atoms with van der Waals surface area (Å²) >= 11 is 3.77. The molecule has 0 radical (unpaired) electrons. The number of thioether (sulfide) groups is 2. The largest absolute Gasteiger partial charge is 0.317 e. The van der Waals surface area contributed by atoms with Gasteiger partial charge in [-0.1, -0.05) is 6.92 Å². The maximum Gasteiger partial charge on any atom is 0.279 e. The quantitative estimate of drug-likeness (QED) is 0.607. The summed E-state index contributed by atoms with van der Waals surface area (Å²) in [5.41, 5.74) is 0. The number of rotatable bonds is 9. The van der Waals surface area contributed by atoms with Crippen LogP contribution in [0, 0.1) is 0 Å². The fourth-order valence-electron chi connectivity index (χ4n) is 1.69. The topological polar surface area (TPSA) is 61.4 Å². The van der Waals surface area contributed by atoms with Gasteiger partial charge in [-0.2, -0.15) is 36.2 Å². The second kappa shape index (κ2) is 9.46. The third-order valence-electron chi connectivity index (χ3n) is 2.87. The smallest absolute Gasteiger partial charge is 0.279 e. The predicted molar refractivity (Wildman–Crippen MR) is 86.3 cm³/mol. The highest BCUT2D eigenvalue weighted by Crippen LogP contribution is 2.23. The lowest BCUT2D eigenvalue weighted by molar-refractivity contribution is 0.446. The van der Waals surface area contributed by atoms with Crippen LogP contribution in [-0.2, 0) is 10.2 Å². The van der Waals surface area contributed by atoms with Crippen LogP contribution >= 0.6 is 23.5 Å². The Morgan fingerprint density at radius 1 is 1.37 bits per heavy atom. The lowest BCUT2D eigenvalue weighted by Gasteiger charge is -2.23. The van der Waals surface area contributed by atoms with E-state index < -0.39 is 10.2 Å². The van der Waals surface area contributed by atoms with Crippen molar-refractivity contribution in [3.8, 4) is 0 Å². The van der Waals surface area contributed by atoms with Gasteiger partial charge in [0.2, 0.25) is 0 Å². The normalized spacial score (nSPS) is 20.9. The SMILES string of the molecule is CCNCCCN(C)S(=O)(=O)NCC1CSCCS1. The highest BCUT2D eigenvalue weighted by molar-refractivity contribution is 8.06. The third-order valence-corrected chi connectivity index (χ3v) is 7.24. The molecule has 0 bridgehead atoms. The molecule has 114 valence electrons. The molecule has 1 fully saturated rings. The predicted octanol–water partition coefficient (Wildman–Crippen LogP) is 0.601. The molecule has 1 saturated heterocycles. The van der Waals surface area contributed by atoms with Gasteiger partial charge in [-0.25, -0.2) is 4.72 Å². The minimum Gasteiger partial charge on any atom is -0.317 e. The van der Waals surface area contributed by atoms with Crippen LogP contribution in [0.4, 0.5) is 0 Å². The maximum atomic E-state index is 12.0. The van der Waals surface area contributed by atoms with Crippen molar-refractivity contribution in [3.63, 3.8) is 0 Å². The van der Waals surface area contributed by atoms with Gasteiger partial charge in [-0.05, 0) is 19.5 Å². The van der Waals surface area contributed by atoms with Crippen LogP contribution in [-0.4, -0.2) is 68.5 Å². The van der Waals surface area contributed by atoms with Crippen molar-refractivity contribution in [1.82, 2.24) is 14.3 Å². The van der Waals surface area contributed by atoms with Gasteiger partial charge in [0.1, 0.15) is 0 Å². The Kier molecular flexibility index (Phi) is 8.76. The standard InChI is InChI=1S/C11H25N3O2S3/c1-3-12-5-4-6-14(2)19(15,16)13-9-11-10-17-7-8-18-11/h11-13H,3-10H2,1-2H3. The molecular formula is C11H25N3O2S3. The Bertz CT molecular complexity index is 332. The molecule has 19 heavy (non-hydrogen) atoms. The van der Waals surface area contributed by atoms with Gasteiger partial charge in [0.25, 0.3) is 10.2 Å². The van der Waals surface area contributed by atoms with Gasteiger partial charge in [-0.3, -0.25) is 0 Å². The molecule has 1 heterocycles. The highest BCUT2D eigenvalue weighted by Gasteiger charge is 2.20. The molecule has 5 nitrogen and oxygen atoms in total. The van der Waals surface area contributed by atoms with Crippen molar-refractivity contribution in [3.05, 3.63) is 0 Å². The molecule has 0 aromatic carbocycles. The van der Waals surface area contributed by atoms with Gasteiger partial charge in [0, 0.05) is 42.6 Å². The van der Waals surface area contributed by atoms with E-state index in [2.05, 4.69) is 10.0 Å². The van der Waals surface area contributed by atoms with E-state index in [-0.39, 0.29) is 0 Å². The first-order valence-corrected chi connectivity index (χ1v) is 10.3. The van der Waals surface area contributed by atoms with Gasteiger partial charge in [0.05, 0.1) is 0 Å². The average Bonchev–Trinajstić information content (AvgIpc) is 2.42. The number of nitrogens with one attached hydrogen (secondary N) is 2. The van der Waals surface area contributed by atoms with E-state index >= 15 is 0 Å². The first kappa shape index (κ1) is 17.6. The molecule has 0 amide bonds. The van der Waals surface area contributed by atoms with Gasteiger partial charge in [-0.15, -0.1) is 0 Å². The van der Waals surface area contributed by atoms with Crippen molar-refractivity contribution < 1.29 is 8.42 Å². The molecule has 8 heteroatoms. The van der Waals surface area contributed by atoms with Crippen LogP contribution in [0.25, 0.3) is 0 Å². The Morgan fingerprint density at radius 3 is 2.79 bits per heavy atom. The summed E-state index contributed by atoms with van der Waals surface area (Å²) in [5, 5.41) is 3.60. The number of hydrogen-bond donors (Lipinski definition) is 2. The molecule has 0 aromatic rings. The fraction of sp³-hybridized carbons (Fsp3) is 1.00. The molecule has 1 rings (SSSR count). The zero-order chi connectivity index (χ0) is 14.1. The third kappa shape index (κ3) is 7.19. The molecule has 1 aliphatic rings. The van der Waals surface area contributed by atoms with Gasteiger partial charge < -0.3 is 5.32 Å². The van der Waals surface area contributed by atoms with Crippen molar-refractivity contribution in [2.75, 3.05) is 50.5 Å². The lowest BCUT2D eigenvalue weighted by Crippen LogP contribution is -2.42. The fourth-order valence-corrected chi connectivity index (χ4v) is 5.41. The first-order valence-electron chi connectivity index (χ1n) is 6.67. The Labute approximate surface area is 125 Å². The van der Waals surface area contributed by atoms with Gasteiger partial charge in [0.15, 0.2) is 0 Å². The van der Waals surface area contributed by atoms with Crippen molar-refractivity contribution in [1.29, 1.82) is 0 Å². The highest BCUT2D eigenvalue weighted by atomic mass is 32.2. The second-order valence-electron chi connectivity index (χ2n) is 4.45. The van der Waals surface area contributed by atoms with E-state index in [4.69, 9.17) is 0 Å². The van der Waals surface area contributed by atoms with Crippen LogP contribution in [0.3, 0.4) is 0 Å². The molecule has 0 aromatic heterocycles. The van der Waals surface area contributed by atoms with E-state index in [1.165, 1.54) is 10.1 Å². The van der Waals surface area contributed by atoms with E-state index in [9.17, 15) is 8.42 Å². The van der Waals surface area contributed by atoms with Crippen molar-refractivity contribution in [2.24, 2.45) is 0 Å². The number of hydrogen-bond acceptors (Lipinski definition) is 5. The van der Waals surface area contributed by atoms with E-state index in [0.717, 1.165) is 31.0 Å². The summed E-state index contributed by atoms with van der Waals surface area (Å²) in [6.07, 6.45) is 0.833. The lowest BCUT2D eigenvalue weighted by atomic mass is 10.4. The summed E-state index contributed by atoms with van der Waals surface area (Å²) in [6.45, 7) is 4.91. The monoisotopic (exact) mass is 327 g/mol. The van der Waals surface area contributed by atoms with E-state index in [1.54, 1.807) is 7.05 Å². The van der Waals surface area contributed by atoms with Crippen molar-refractivity contribution >= 4 is 33.7 Å². The molecular weight excluding hydrogens is 302 g/mol. The average molecular weight is 328 g/mol. The van der Waals surface area contributed by atoms with Crippen LogP contribution in [0.5, 0.6) is 0 Å². The number of nitrogens with zero attached hydrogens (tertiary/aromatic N) is 1. The molecule has 1 unspecified atom stereocenters.